The van der Waals surface area contributed by atoms with Crippen LogP contribution in [-0.4, -0.2) is 56.8 Å². The number of nitrogens with one attached hydrogen (secondary N) is 3. The number of piperidine rings is 1. The molecular formula is C30H36N4O5S. The van der Waals surface area contributed by atoms with Gasteiger partial charge in [-0.2, -0.15) is 0 Å². The van der Waals surface area contributed by atoms with Crippen molar-refractivity contribution < 1.29 is 22.7 Å². The van der Waals surface area contributed by atoms with Crippen LogP contribution in [0.25, 0.3) is 11.1 Å². The number of benzene rings is 3. The zero-order valence-corrected chi connectivity index (χ0v) is 23.5. The second-order valence-electron chi connectivity index (χ2n) is 9.70. The first-order chi connectivity index (χ1) is 19.3. The number of anilines is 2. The van der Waals surface area contributed by atoms with E-state index in [9.17, 15) is 18.0 Å². The number of amides is 2. The number of rotatable bonds is 11. The lowest BCUT2D eigenvalue weighted by molar-refractivity contribution is -0.116. The molecule has 0 radical (unpaired) electrons. The van der Waals surface area contributed by atoms with Gasteiger partial charge in [0.2, 0.25) is 15.9 Å². The average Bonchev–Trinajstić information content (AvgIpc) is 2.97. The minimum Gasteiger partial charge on any atom is -0.446 e. The van der Waals surface area contributed by atoms with E-state index in [1.807, 2.05) is 54.6 Å². The maximum Gasteiger partial charge on any atom is 0.411 e. The molecule has 40 heavy (non-hydrogen) atoms. The van der Waals surface area contributed by atoms with Crippen molar-refractivity contribution in [3.8, 4) is 11.1 Å². The summed E-state index contributed by atoms with van der Waals surface area (Å²) >= 11 is 0. The predicted molar refractivity (Wildman–Crippen MR) is 157 cm³/mol. The van der Waals surface area contributed by atoms with E-state index in [1.54, 1.807) is 31.2 Å². The summed E-state index contributed by atoms with van der Waals surface area (Å²) in [6.07, 6.45) is 1.13. The third kappa shape index (κ3) is 8.90. The maximum absolute atomic E-state index is 12.6. The van der Waals surface area contributed by atoms with E-state index in [0.717, 1.165) is 29.8 Å². The molecule has 4 rings (SSSR count). The third-order valence-corrected chi connectivity index (χ3v) is 8.17. The maximum atomic E-state index is 12.6. The van der Waals surface area contributed by atoms with Crippen LogP contribution >= 0.6 is 0 Å². The van der Waals surface area contributed by atoms with Crippen LogP contribution in [-0.2, 0) is 26.1 Å². The number of ether oxygens (including phenoxy) is 1. The molecule has 0 saturated carbocycles. The highest BCUT2D eigenvalue weighted by Gasteiger charge is 2.23. The Labute approximate surface area is 236 Å². The van der Waals surface area contributed by atoms with Crippen molar-refractivity contribution in [1.82, 2.24) is 9.62 Å². The largest absolute Gasteiger partial charge is 0.446 e. The molecule has 1 fully saturated rings. The molecule has 0 spiro atoms. The number of carbonyl (C=O) groups excluding carboxylic acids is 2. The lowest BCUT2D eigenvalue weighted by atomic mass is 10.0. The molecule has 10 heteroatoms. The van der Waals surface area contributed by atoms with Gasteiger partial charge in [-0.05, 0) is 49.1 Å². The highest BCUT2D eigenvalue weighted by Crippen LogP contribution is 2.28. The van der Waals surface area contributed by atoms with Crippen molar-refractivity contribution in [3.63, 3.8) is 0 Å². The molecule has 2 amide bonds. The fourth-order valence-electron chi connectivity index (χ4n) is 4.49. The number of hydrogen-bond acceptors (Lipinski definition) is 6. The van der Waals surface area contributed by atoms with Crippen LogP contribution in [0.4, 0.5) is 16.2 Å². The Kier molecular flexibility index (Phi) is 10.3. The summed E-state index contributed by atoms with van der Waals surface area (Å²) in [6, 6.07) is 24.6. The van der Waals surface area contributed by atoms with Crippen LogP contribution in [0.1, 0.15) is 31.7 Å². The standard InChI is InChI=1S/C30H36N4O5S/c1-2-40(37,38)31-22-23-12-14-25(15-13-23)32-29(35)18-21-34-19-16-26(17-20-34)39-30(36)33-28-11-7-6-10-27(28)24-8-4-3-5-9-24/h3-15,26,31H,2,16-22H2,1H3,(H,32,35)(H,33,36). The van der Waals surface area contributed by atoms with Gasteiger partial charge >= 0.3 is 6.09 Å². The second kappa shape index (κ2) is 14.1. The summed E-state index contributed by atoms with van der Waals surface area (Å²) in [5.41, 5.74) is 4.14. The number of carbonyl (C=O) groups is 2. The van der Waals surface area contributed by atoms with Crippen molar-refractivity contribution in [1.29, 1.82) is 0 Å². The molecule has 0 unspecified atom stereocenters. The molecule has 1 heterocycles. The Morgan fingerprint density at radius 1 is 0.900 bits per heavy atom. The van der Waals surface area contributed by atoms with Gasteiger partial charge in [-0.15, -0.1) is 0 Å². The fourth-order valence-corrected chi connectivity index (χ4v) is 5.08. The van der Waals surface area contributed by atoms with Crippen molar-refractivity contribution in [2.45, 2.75) is 38.8 Å². The Morgan fingerprint density at radius 2 is 1.57 bits per heavy atom. The Bertz CT molecular complexity index is 1370. The molecule has 1 aliphatic rings. The molecule has 0 bridgehead atoms. The zero-order valence-electron chi connectivity index (χ0n) is 22.6. The molecule has 3 aromatic carbocycles. The smallest absolute Gasteiger partial charge is 0.411 e. The van der Waals surface area contributed by atoms with E-state index in [1.165, 1.54) is 0 Å². The van der Waals surface area contributed by atoms with Crippen molar-refractivity contribution in [2.24, 2.45) is 0 Å². The van der Waals surface area contributed by atoms with Crippen molar-refractivity contribution in [3.05, 3.63) is 84.4 Å². The van der Waals surface area contributed by atoms with E-state index in [0.29, 0.717) is 37.2 Å². The Balaban J connectivity index is 1.16. The lowest BCUT2D eigenvalue weighted by Gasteiger charge is -2.31. The quantitative estimate of drug-likeness (QED) is 0.307. The van der Waals surface area contributed by atoms with Gasteiger partial charge in [-0.25, -0.2) is 17.9 Å². The number of nitrogens with zero attached hydrogens (tertiary/aromatic N) is 1. The van der Waals surface area contributed by atoms with Crippen molar-refractivity contribution in [2.75, 3.05) is 36.0 Å². The van der Waals surface area contributed by atoms with Gasteiger partial charge < -0.3 is 15.0 Å². The summed E-state index contributed by atoms with van der Waals surface area (Å²) < 4.78 is 31.4. The van der Waals surface area contributed by atoms with Gasteiger partial charge in [-0.3, -0.25) is 10.1 Å². The number of para-hydroxylation sites is 1. The lowest BCUT2D eigenvalue weighted by Crippen LogP contribution is -2.39. The van der Waals surface area contributed by atoms with E-state index in [4.69, 9.17) is 4.74 Å². The van der Waals surface area contributed by atoms with Gasteiger partial charge in [0, 0.05) is 43.9 Å². The summed E-state index contributed by atoms with van der Waals surface area (Å²) in [5.74, 6) is -0.0555. The van der Waals surface area contributed by atoms with Gasteiger partial charge in [0.15, 0.2) is 0 Å². The van der Waals surface area contributed by atoms with Gasteiger partial charge in [-0.1, -0.05) is 60.7 Å². The molecule has 1 aliphatic heterocycles. The fraction of sp³-hybridized carbons (Fsp3) is 0.333. The molecular weight excluding hydrogens is 528 g/mol. The molecule has 1 saturated heterocycles. The zero-order chi connectivity index (χ0) is 28.4. The van der Waals surface area contributed by atoms with E-state index >= 15 is 0 Å². The molecule has 3 N–H and O–H groups in total. The molecule has 9 nitrogen and oxygen atoms in total. The highest BCUT2D eigenvalue weighted by molar-refractivity contribution is 7.89. The first-order valence-corrected chi connectivity index (χ1v) is 15.2. The predicted octanol–water partition coefficient (Wildman–Crippen LogP) is 4.83. The summed E-state index contributed by atoms with van der Waals surface area (Å²) in [7, 11) is -3.25. The molecule has 3 aromatic rings. The van der Waals surface area contributed by atoms with Gasteiger partial charge in [0.1, 0.15) is 6.10 Å². The van der Waals surface area contributed by atoms with E-state index < -0.39 is 16.1 Å². The van der Waals surface area contributed by atoms with Crippen LogP contribution in [0.2, 0.25) is 0 Å². The minimum atomic E-state index is -3.25. The third-order valence-electron chi connectivity index (χ3n) is 6.83. The SMILES string of the molecule is CCS(=O)(=O)NCc1ccc(NC(=O)CCN2CCC(OC(=O)Nc3ccccc3-c3ccccc3)CC2)cc1. The first kappa shape index (κ1) is 29.3. The monoisotopic (exact) mass is 564 g/mol. The normalized spacial score (nSPS) is 14.4. The van der Waals surface area contributed by atoms with Gasteiger partial charge in [0.25, 0.3) is 0 Å². The first-order valence-electron chi connectivity index (χ1n) is 13.5. The van der Waals surface area contributed by atoms with Crippen LogP contribution in [0, 0.1) is 0 Å². The summed E-state index contributed by atoms with van der Waals surface area (Å²) in [4.78, 5) is 27.3. The Morgan fingerprint density at radius 3 is 2.27 bits per heavy atom. The van der Waals surface area contributed by atoms with Crippen LogP contribution in [0.5, 0.6) is 0 Å². The summed E-state index contributed by atoms with van der Waals surface area (Å²) in [6.45, 7) is 3.91. The second-order valence-corrected chi connectivity index (χ2v) is 11.8. The molecule has 212 valence electrons. The van der Waals surface area contributed by atoms with Crippen LogP contribution in [0.3, 0.4) is 0 Å². The number of hydrogen-bond donors (Lipinski definition) is 3. The van der Waals surface area contributed by atoms with E-state index in [-0.39, 0.29) is 24.3 Å². The topological polar surface area (TPSA) is 117 Å². The van der Waals surface area contributed by atoms with E-state index in [2.05, 4.69) is 20.3 Å². The Hall–Kier alpha value is -3.73. The number of likely N-dealkylation sites (tertiary alicyclic amines) is 1. The number of sulfonamides is 1. The molecule has 0 atom stereocenters. The molecule has 0 aliphatic carbocycles. The average molecular weight is 565 g/mol. The highest BCUT2D eigenvalue weighted by atomic mass is 32.2. The van der Waals surface area contributed by atoms with Crippen LogP contribution < -0.4 is 15.4 Å². The van der Waals surface area contributed by atoms with Gasteiger partial charge in [0.05, 0.1) is 11.4 Å². The van der Waals surface area contributed by atoms with Crippen molar-refractivity contribution >= 4 is 33.4 Å². The molecule has 0 aromatic heterocycles. The van der Waals surface area contributed by atoms with Crippen LogP contribution in [0.15, 0.2) is 78.9 Å². The summed E-state index contributed by atoms with van der Waals surface area (Å²) in [5, 5.41) is 5.78. The minimum absolute atomic E-state index is 0.0331.